The number of nitrogens with zero attached hydrogens (tertiary/aromatic N) is 3. The Morgan fingerprint density at radius 3 is 2.60 bits per heavy atom. The van der Waals surface area contributed by atoms with Crippen molar-refractivity contribution < 1.29 is 13.2 Å². The molecule has 0 saturated carbocycles. The standard InChI is InChI=1S/C17H36N4O3S/c1-5-18-17(19-9-11-24-12-13-25(4,22)23)21-10-8-16(15-21)14-20(6-2)7-3/h16H,5-15H2,1-4H3,(H,18,19). The Bertz CT molecular complexity index is 492. The molecule has 0 aliphatic carbocycles. The van der Waals surface area contributed by atoms with E-state index in [1.807, 2.05) is 0 Å². The van der Waals surface area contributed by atoms with Gasteiger partial charge >= 0.3 is 0 Å². The number of sulfone groups is 1. The summed E-state index contributed by atoms with van der Waals surface area (Å²) in [6, 6.07) is 0. The van der Waals surface area contributed by atoms with Crippen molar-refractivity contribution in [2.24, 2.45) is 10.9 Å². The molecule has 0 aromatic heterocycles. The number of guanidine groups is 1. The van der Waals surface area contributed by atoms with Crippen LogP contribution in [0.3, 0.4) is 0 Å². The highest BCUT2D eigenvalue weighted by molar-refractivity contribution is 7.90. The molecule has 1 aliphatic rings. The number of rotatable bonds is 11. The SMILES string of the molecule is CCNC(=NCCOCCS(C)(=O)=O)N1CCC(CN(CC)CC)C1. The molecule has 1 unspecified atom stereocenters. The molecular formula is C17H36N4O3S. The summed E-state index contributed by atoms with van der Waals surface area (Å²) in [4.78, 5) is 9.43. The van der Waals surface area contributed by atoms with Crippen LogP contribution in [-0.4, -0.2) is 95.2 Å². The number of hydrogen-bond donors (Lipinski definition) is 1. The monoisotopic (exact) mass is 376 g/mol. The van der Waals surface area contributed by atoms with Gasteiger partial charge in [-0.3, -0.25) is 4.99 Å². The maximum Gasteiger partial charge on any atom is 0.194 e. The summed E-state index contributed by atoms with van der Waals surface area (Å²) in [5, 5.41) is 3.35. The van der Waals surface area contributed by atoms with Crippen LogP contribution in [0.1, 0.15) is 27.2 Å². The molecule has 148 valence electrons. The van der Waals surface area contributed by atoms with Crippen LogP contribution in [0, 0.1) is 5.92 Å². The predicted molar refractivity (Wildman–Crippen MR) is 104 cm³/mol. The minimum absolute atomic E-state index is 0.0654. The van der Waals surface area contributed by atoms with Crippen molar-refractivity contribution in [1.29, 1.82) is 0 Å². The Kier molecular flexibility index (Phi) is 10.4. The van der Waals surface area contributed by atoms with Crippen molar-refractivity contribution >= 4 is 15.8 Å². The lowest BCUT2D eigenvalue weighted by Gasteiger charge is -2.24. The molecule has 0 aromatic rings. The first-order chi connectivity index (χ1) is 11.9. The van der Waals surface area contributed by atoms with Crippen molar-refractivity contribution in [3.63, 3.8) is 0 Å². The zero-order chi connectivity index (χ0) is 18.7. The minimum atomic E-state index is -2.96. The van der Waals surface area contributed by atoms with Gasteiger partial charge in [-0.15, -0.1) is 0 Å². The third-order valence-corrected chi connectivity index (χ3v) is 5.34. The summed E-state index contributed by atoms with van der Waals surface area (Å²) in [6.07, 6.45) is 2.42. The highest BCUT2D eigenvalue weighted by atomic mass is 32.2. The lowest BCUT2D eigenvalue weighted by molar-refractivity contribution is 0.157. The molecular weight excluding hydrogens is 340 g/mol. The van der Waals surface area contributed by atoms with E-state index in [-0.39, 0.29) is 12.4 Å². The third kappa shape index (κ3) is 9.42. The van der Waals surface area contributed by atoms with Gasteiger partial charge in [-0.05, 0) is 32.4 Å². The van der Waals surface area contributed by atoms with Crippen LogP contribution in [0.4, 0.5) is 0 Å². The second-order valence-corrected chi connectivity index (χ2v) is 8.82. The first-order valence-electron chi connectivity index (χ1n) is 9.40. The molecule has 0 radical (unpaired) electrons. The number of hydrogen-bond acceptors (Lipinski definition) is 5. The zero-order valence-electron chi connectivity index (χ0n) is 16.3. The van der Waals surface area contributed by atoms with Gasteiger partial charge in [0.15, 0.2) is 5.96 Å². The lowest BCUT2D eigenvalue weighted by atomic mass is 10.1. The number of likely N-dealkylation sites (tertiary alicyclic amines) is 1. The maximum atomic E-state index is 11.1. The summed E-state index contributed by atoms with van der Waals surface area (Å²) >= 11 is 0. The fourth-order valence-corrected chi connectivity index (χ4v) is 3.40. The van der Waals surface area contributed by atoms with Crippen LogP contribution in [0.15, 0.2) is 4.99 Å². The average Bonchev–Trinajstić information content (AvgIpc) is 3.02. The Morgan fingerprint density at radius 1 is 1.28 bits per heavy atom. The van der Waals surface area contributed by atoms with E-state index in [2.05, 4.69) is 40.9 Å². The molecule has 0 bridgehead atoms. The van der Waals surface area contributed by atoms with Gasteiger partial charge in [0.1, 0.15) is 9.84 Å². The molecule has 1 rings (SSSR count). The average molecular weight is 377 g/mol. The van der Waals surface area contributed by atoms with Crippen molar-refractivity contribution in [2.75, 3.05) is 71.0 Å². The first-order valence-corrected chi connectivity index (χ1v) is 11.5. The first kappa shape index (κ1) is 22.2. The van der Waals surface area contributed by atoms with Crippen molar-refractivity contribution in [3.05, 3.63) is 0 Å². The fraction of sp³-hybridized carbons (Fsp3) is 0.941. The van der Waals surface area contributed by atoms with Crippen molar-refractivity contribution in [2.45, 2.75) is 27.2 Å². The second-order valence-electron chi connectivity index (χ2n) is 6.56. The van der Waals surface area contributed by atoms with Crippen LogP contribution >= 0.6 is 0 Å². The summed E-state index contributed by atoms with van der Waals surface area (Å²) in [7, 11) is -2.96. The highest BCUT2D eigenvalue weighted by Crippen LogP contribution is 2.17. The van der Waals surface area contributed by atoms with Crippen molar-refractivity contribution in [3.8, 4) is 0 Å². The van der Waals surface area contributed by atoms with Gasteiger partial charge in [0.2, 0.25) is 0 Å². The topological polar surface area (TPSA) is 74.2 Å². The van der Waals surface area contributed by atoms with E-state index in [1.165, 1.54) is 12.7 Å². The summed E-state index contributed by atoms with van der Waals surface area (Å²) in [6.45, 7) is 14.0. The second kappa shape index (κ2) is 11.7. The maximum absolute atomic E-state index is 11.1. The predicted octanol–water partition coefficient (Wildman–Crippen LogP) is 0.677. The molecule has 0 amide bonds. The van der Waals surface area contributed by atoms with E-state index >= 15 is 0 Å². The van der Waals surface area contributed by atoms with E-state index in [4.69, 9.17) is 4.74 Å². The Balaban J connectivity index is 2.40. The Morgan fingerprint density at radius 2 is 2.00 bits per heavy atom. The van der Waals surface area contributed by atoms with Crippen LogP contribution < -0.4 is 5.32 Å². The minimum Gasteiger partial charge on any atom is -0.378 e. The molecule has 25 heavy (non-hydrogen) atoms. The van der Waals surface area contributed by atoms with Gasteiger partial charge in [-0.1, -0.05) is 13.8 Å². The molecule has 1 N–H and O–H groups in total. The van der Waals surface area contributed by atoms with Crippen LogP contribution in [0.5, 0.6) is 0 Å². The van der Waals surface area contributed by atoms with E-state index < -0.39 is 9.84 Å². The molecule has 0 aromatic carbocycles. The Labute approximate surface area is 153 Å². The smallest absolute Gasteiger partial charge is 0.194 e. The summed E-state index contributed by atoms with van der Waals surface area (Å²) in [5.41, 5.74) is 0. The Hall–Kier alpha value is -0.860. The summed E-state index contributed by atoms with van der Waals surface area (Å²) < 4.78 is 27.5. The number of aliphatic imine (C=N–C) groups is 1. The molecule has 7 nitrogen and oxygen atoms in total. The molecule has 1 aliphatic heterocycles. The molecule has 8 heteroatoms. The van der Waals surface area contributed by atoms with Gasteiger partial charge < -0.3 is 19.9 Å². The van der Waals surface area contributed by atoms with Crippen LogP contribution in [-0.2, 0) is 14.6 Å². The quantitative estimate of drug-likeness (QED) is 0.325. The van der Waals surface area contributed by atoms with E-state index in [0.29, 0.717) is 19.1 Å². The van der Waals surface area contributed by atoms with E-state index in [0.717, 1.165) is 45.2 Å². The molecule has 1 saturated heterocycles. The number of nitrogens with one attached hydrogen (secondary N) is 1. The van der Waals surface area contributed by atoms with E-state index in [9.17, 15) is 8.42 Å². The molecule has 1 atom stereocenters. The van der Waals surface area contributed by atoms with Gasteiger partial charge in [0, 0.05) is 32.4 Å². The third-order valence-electron chi connectivity index (χ3n) is 4.43. The summed E-state index contributed by atoms with van der Waals surface area (Å²) in [5.74, 6) is 1.70. The molecule has 0 spiro atoms. The lowest BCUT2D eigenvalue weighted by Crippen LogP contribution is -2.41. The highest BCUT2D eigenvalue weighted by Gasteiger charge is 2.25. The van der Waals surface area contributed by atoms with Gasteiger partial charge in [-0.2, -0.15) is 0 Å². The van der Waals surface area contributed by atoms with Gasteiger partial charge in [0.05, 0.1) is 25.5 Å². The van der Waals surface area contributed by atoms with Gasteiger partial charge in [-0.25, -0.2) is 8.42 Å². The molecule has 1 heterocycles. The normalized spacial score (nSPS) is 19.0. The largest absolute Gasteiger partial charge is 0.378 e. The van der Waals surface area contributed by atoms with Crippen LogP contribution in [0.25, 0.3) is 0 Å². The fourth-order valence-electron chi connectivity index (χ4n) is 2.98. The van der Waals surface area contributed by atoms with Crippen LogP contribution in [0.2, 0.25) is 0 Å². The van der Waals surface area contributed by atoms with Gasteiger partial charge in [0.25, 0.3) is 0 Å². The number of ether oxygens (including phenoxy) is 1. The zero-order valence-corrected chi connectivity index (χ0v) is 17.1. The van der Waals surface area contributed by atoms with Crippen molar-refractivity contribution in [1.82, 2.24) is 15.1 Å². The molecule has 1 fully saturated rings. The van der Waals surface area contributed by atoms with E-state index in [1.54, 1.807) is 0 Å².